The molecule has 0 bridgehead atoms. The highest BCUT2D eigenvalue weighted by Gasteiger charge is 2.21. The minimum atomic E-state index is -6.00. The van der Waals surface area contributed by atoms with E-state index in [-0.39, 0.29) is 4.74 Å². The molecule has 0 aliphatic heterocycles. The second-order valence-corrected chi connectivity index (χ2v) is 8.29. The van der Waals surface area contributed by atoms with Gasteiger partial charge in [0.15, 0.2) is 15.0 Å². The number of hydrogen-bond donors (Lipinski definition) is 0. The number of halogens is 4. The minimum Gasteiger partial charge on any atom is -0.418 e. The first-order chi connectivity index (χ1) is 7.83. The van der Waals surface area contributed by atoms with Crippen LogP contribution < -0.4 is 4.74 Å². The van der Waals surface area contributed by atoms with Gasteiger partial charge in [-0.3, -0.25) is 4.79 Å². The smallest absolute Gasteiger partial charge is 0.418 e. The minimum absolute atomic E-state index is 0.235. The van der Waals surface area contributed by atoms with Gasteiger partial charge in [0.25, 0.3) is 8.95 Å². The van der Waals surface area contributed by atoms with Gasteiger partial charge in [0, 0.05) is 5.75 Å². The van der Waals surface area contributed by atoms with E-state index in [0.717, 1.165) is 10.5 Å². The molecule has 0 saturated carbocycles. The quantitative estimate of drug-likeness (QED) is 0.248. The highest BCUT2D eigenvalue weighted by Crippen LogP contribution is 2.40. The monoisotopic (exact) mass is 340 g/mol. The maximum Gasteiger partial charge on any atom is 0.673 e. The first-order valence-electron chi connectivity index (χ1n) is 4.18. The average Bonchev–Trinajstić information content (AvgIpc) is 2.70. The largest absolute Gasteiger partial charge is 0.673 e. The number of hydrogen-bond acceptors (Lipinski definition) is 5. The normalized spacial score (nSPS) is 11.4. The molecule has 0 amide bonds. The molecule has 96 valence electrons. The van der Waals surface area contributed by atoms with Crippen molar-refractivity contribution in [2.75, 3.05) is 5.75 Å². The summed E-state index contributed by atoms with van der Waals surface area (Å²) < 4.78 is 42.7. The summed E-state index contributed by atoms with van der Waals surface area (Å²) in [5.74, 6) is 1.08. The summed E-state index contributed by atoms with van der Waals surface area (Å²) >= 11 is 1.83. The molecule has 0 atom stereocenters. The molecule has 11 heteroatoms. The Bertz CT molecular complexity index is 522. The van der Waals surface area contributed by atoms with Gasteiger partial charge in [0.1, 0.15) is 4.70 Å². The summed E-state index contributed by atoms with van der Waals surface area (Å²) in [5, 5.41) is 0. The fourth-order valence-corrected chi connectivity index (χ4v) is 8.51. The lowest BCUT2D eigenvalue weighted by Gasteiger charge is -1.94. The van der Waals surface area contributed by atoms with Crippen LogP contribution in [-0.4, -0.2) is 13.0 Å². The van der Waals surface area contributed by atoms with Gasteiger partial charge in [-0.2, -0.15) is 0 Å². The number of rotatable bonds is 2. The van der Waals surface area contributed by atoms with Gasteiger partial charge >= 0.3 is 17.6 Å². The fourth-order valence-electron chi connectivity index (χ4n) is 0.785. The predicted octanol–water partition coefficient (Wildman–Crippen LogP) is 5.14. The summed E-state index contributed by atoms with van der Waals surface area (Å²) in [4.78, 5) is 11.2. The fraction of sp³-hybridized carbons (Fsp3) is 0.333. The second kappa shape index (κ2) is 6.46. The molecule has 0 fully saturated rings. The molecule has 0 spiro atoms. The van der Waals surface area contributed by atoms with E-state index in [0.29, 0.717) is 0 Å². The molecule has 0 radical (unpaired) electrons. The Balaban J connectivity index is 0.000000249. The molecule has 0 aromatic carbocycles. The Labute approximate surface area is 113 Å². The number of thioether (sulfide) groups is 1. The van der Waals surface area contributed by atoms with E-state index in [4.69, 9.17) is 0 Å². The van der Waals surface area contributed by atoms with Crippen LogP contribution in [0.3, 0.4) is 0 Å². The van der Waals surface area contributed by atoms with Crippen molar-refractivity contribution in [2.24, 2.45) is 0 Å². The van der Waals surface area contributed by atoms with E-state index in [1.165, 1.54) is 19.2 Å². The van der Waals surface area contributed by atoms with Crippen LogP contribution >= 0.6 is 53.1 Å². The van der Waals surface area contributed by atoms with Crippen LogP contribution in [0.15, 0.2) is 9.00 Å². The molecule has 1 nitrogen and oxygen atoms in total. The van der Waals surface area contributed by atoms with Gasteiger partial charge in [0.05, 0.1) is 0 Å². The third kappa shape index (κ3) is 5.20. The van der Waals surface area contributed by atoms with E-state index >= 15 is 0 Å². The van der Waals surface area contributed by atoms with Crippen molar-refractivity contribution in [3.05, 3.63) is 9.54 Å². The lowest BCUT2D eigenvalue weighted by molar-refractivity contribution is 0.368. The Hall–Kier alpha value is 0.295. The topological polar surface area (TPSA) is 17.1 Å². The standard InChI is InChI=1S/C6H5OS5.BF4/c1-2-8-6-4-3(9-12-6)5(7)11-10-4;2-1(3,4)5/h2H2,1H3;/q+1;-1. The molecule has 0 unspecified atom stereocenters. The molecule has 0 aliphatic rings. The van der Waals surface area contributed by atoms with Gasteiger partial charge in [-0.05, 0) is 10.3 Å². The summed E-state index contributed by atoms with van der Waals surface area (Å²) in [6.07, 6.45) is 0. The predicted molar refractivity (Wildman–Crippen MR) is 72.7 cm³/mol. The summed E-state index contributed by atoms with van der Waals surface area (Å²) in [5.41, 5.74) is 0. The lowest BCUT2D eigenvalue weighted by Crippen LogP contribution is -2.02. The van der Waals surface area contributed by atoms with E-state index in [1.807, 2.05) is 11.8 Å². The third-order valence-corrected chi connectivity index (χ3v) is 7.91. The molecule has 2 heterocycles. The molecule has 2 aromatic rings. The van der Waals surface area contributed by atoms with Crippen molar-refractivity contribution in [3.8, 4) is 0 Å². The van der Waals surface area contributed by atoms with Crippen molar-refractivity contribution >= 4 is 69.8 Å². The van der Waals surface area contributed by atoms with Crippen molar-refractivity contribution in [3.63, 3.8) is 0 Å². The van der Waals surface area contributed by atoms with Crippen LogP contribution in [0, 0.1) is 0 Å². The van der Waals surface area contributed by atoms with Gasteiger partial charge in [0.2, 0.25) is 0 Å². The highest BCUT2D eigenvalue weighted by molar-refractivity contribution is 8.03. The van der Waals surface area contributed by atoms with Crippen LogP contribution in [0.5, 0.6) is 0 Å². The molecular weight excluding hydrogens is 335 g/mol. The first-order valence-corrected chi connectivity index (χ1v) is 9.46. The van der Waals surface area contributed by atoms with Crippen molar-refractivity contribution < 1.29 is 17.3 Å². The Kier molecular flexibility index (Phi) is 5.83. The highest BCUT2D eigenvalue weighted by atomic mass is 32.9. The third-order valence-electron chi connectivity index (χ3n) is 1.25. The Morgan fingerprint density at radius 2 is 1.82 bits per heavy atom. The van der Waals surface area contributed by atoms with E-state index in [9.17, 15) is 22.1 Å². The van der Waals surface area contributed by atoms with Crippen molar-refractivity contribution in [2.45, 2.75) is 11.1 Å². The first kappa shape index (κ1) is 15.4. The molecular formula is C6H5BF4OS5. The summed E-state index contributed by atoms with van der Waals surface area (Å²) in [7, 11) is 0.317. The maximum absolute atomic E-state index is 11.2. The van der Waals surface area contributed by atoms with Crippen LogP contribution in [0.1, 0.15) is 6.92 Å². The van der Waals surface area contributed by atoms with Crippen molar-refractivity contribution in [1.82, 2.24) is 0 Å². The zero-order valence-electron chi connectivity index (χ0n) is 8.25. The summed E-state index contributed by atoms with van der Waals surface area (Å²) in [6.45, 7) is 2.13. The Morgan fingerprint density at radius 1 is 1.24 bits per heavy atom. The molecule has 17 heavy (non-hydrogen) atoms. The summed E-state index contributed by atoms with van der Waals surface area (Å²) in [6, 6.07) is 0. The van der Waals surface area contributed by atoms with Crippen LogP contribution in [0.25, 0.3) is 9.40 Å². The zero-order valence-corrected chi connectivity index (χ0v) is 12.3. The van der Waals surface area contributed by atoms with Crippen LogP contribution in [-0.2, 0) is 0 Å². The van der Waals surface area contributed by atoms with Gasteiger partial charge < -0.3 is 17.3 Å². The van der Waals surface area contributed by atoms with Gasteiger partial charge in [-0.25, -0.2) is 0 Å². The van der Waals surface area contributed by atoms with E-state index < -0.39 is 7.25 Å². The van der Waals surface area contributed by atoms with Crippen molar-refractivity contribution in [1.29, 1.82) is 0 Å². The zero-order chi connectivity index (χ0) is 13.1. The van der Waals surface area contributed by atoms with Gasteiger partial charge in [-0.1, -0.05) is 29.0 Å². The van der Waals surface area contributed by atoms with Crippen LogP contribution in [0.4, 0.5) is 17.3 Å². The van der Waals surface area contributed by atoms with Crippen LogP contribution in [0.2, 0.25) is 0 Å². The number of fused-ring (bicyclic) bond motifs is 1. The molecule has 0 aliphatic carbocycles. The molecule has 0 saturated heterocycles. The van der Waals surface area contributed by atoms with Gasteiger partial charge in [-0.15, -0.1) is 0 Å². The maximum atomic E-state index is 11.2. The van der Waals surface area contributed by atoms with E-state index in [1.54, 1.807) is 31.0 Å². The molecule has 0 N–H and O–H groups in total. The molecule has 2 aromatic heterocycles. The Morgan fingerprint density at radius 3 is 2.35 bits per heavy atom. The SMILES string of the molecule is CCSc1[s+]sc2c(=O)ssc12.F[B-](F)(F)F. The van der Waals surface area contributed by atoms with E-state index in [2.05, 4.69) is 6.92 Å². The lowest BCUT2D eigenvalue weighted by atomic mass is 10.3. The second-order valence-electron chi connectivity index (χ2n) is 2.49. The molecule has 2 rings (SSSR count). The average molecular weight is 340 g/mol.